The fourth-order valence-electron chi connectivity index (χ4n) is 2.18. The maximum Gasteiger partial charge on any atom is 0.237 e. The van der Waals surface area contributed by atoms with E-state index in [9.17, 15) is 4.79 Å². The van der Waals surface area contributed by atoms with Gasteiger partial charge in [-0.2, -0.15) is 5.10 Å². The van der Waals surface area contributed by atoms with E-state index in [0.717, 1.165) is 22.9 Å². The van der Waals surface area contributed by atoms with Gasteiger partial charge in [-0.15, -0.1) is 16.8 Å². The van der Waals surface area contributed by atoms with Crippen LogP contribution in [0.3, 0.4) is 0 Å². The van der Waals surface area contributed by atoms with Crippen molar-refractivity contribution in [1.29, 1.82) is 0 Å². The van der Waals surface area contributed by atoms with E-state index in [0.29, 0.717) is 11.7 Å². The first-order chi connectivity index (χ1) is 10.8. The number of thioether (sulfide) groups is 1. The van der Waals surface area contributed by atoms with Crippen molar-refractivity contribution in [3.05, 3.63) is 29.9 Å². The van der Waals surface area contributed by atoms with Crippen LogP contribution in [0.2, 0.25) is 0 Å². The summed E-state index contributed by atoms with van der Waals surface area (Å²) in [5.41, 5.74) is 2.51. The summed E-state index contributed by atoms with van der Waals surface area (Å²) in [4.78, 5) is 12.5. The van der Waals surface area contributed by atoms with Gasteiger partial charge in [-0.1, -0.05) is 17.8 Å². The molecule has 124 valence electrons. The molecule has 0 aliphatic heterocycles. The Morgan fingerprint density at radius 3 is 2.65 bits per heavy atom. The molecule has 1 N–H and O–H groups in total. The van der Waals surface area contributed by atoms with Crippen molar-refractivity contribution in [3.8, 4) is 0 Å². The monoisotopic (exact) mass is 334 g/mol. The maximum atomic E-state index is 12.5. The number of nitrogens with one attached hydrogen (secondary N) is 1. The van der Waals surface area contributed by atoms with Gasteiger partial charge < -0.3 is 9.88 Å². The van der Waals surface area contributed by atoms with Crippen molar-refractivity contribution >= 4 is 23.4 Å². The summed E-state index contributed by atoms with van der Waals surface area (Å²) in [6.45, 7) is 11.9. The van der Waals surface area contributed by atoms with Crippen LogP contribution in [0.15, 0.2) is 17.8 Å². The molecule has 0 aromatic carbocycles. The van der Waals surface area contributed by atoms with Gasteiger partial charge in [0, 0.05) is 13.6 Å². The second kappa shape index (κ2) is 6.99. The van der Waals surface area contributed by atoms with Crippen molar-refractivity contribution in [1.82, 2.24) is 24.5 Å². The highest BCUT2D eigenvalue weighted by molar-refractivity contribution is 8.00. The predicted octanol–water partition coefficient (Wildman–Crippen LogP) is 2.24. The lowest BCUT2D eigenvalue weighted by Crippen LogP contribution is -2.23. The van der Waals surface area contributed by atoms with Gasteiger partial charge in [-0.3, -0.25) is 9.48 Å². The molecule has 0 bridgehead atoms. The van der Waals surface area contributed by atoms with E-state index in [1.807, 2.05) is 39.3 Å². The number of anilines is 1. The molecule has 7 nitrogen and oxygen atoms in total. The first kappa shape index (κ1) is 17.3. The third-order valence-corrected chi connectivity index (χ3v) is 4.70. The van der Waals surface area contributed by atoms with Crippen LogP contribution in [-0.2, 0) is 18.4 Å². The molecule has 0 saturated heterocycles. The number of aryl methyl sites for hydroxylation is 3. The van der Waals surface area contributed by atoms with E-state index in [1.165, 1.54) is 11.8 Å². The maximum absolute atomic E-state index is 12.5. The van der Waals surface area contributed by atoms with E-state index in [4.69, 9.17) is 0 Å². The van der Waals surface area contributed by atoms with Gasteiger partial charge in [0.2, 0.25) is 5.91 Å². The molecule has 8 heteroatoms. The largest absolute Gasteiger partial charge is 0.322 e. The summed E-state index contributed by atoms with van der Waals surface area (Å²) in [6, 6.07) is 0. The average molecular weight is 334 g/mol. The molecule has 2 aromatic heterocycles. The molecule has 2 rings (SSSR count). The van der Waals surface area contributed by atoms with Crippen molar-refractivity contribution < 1.29 is 4.79 Å². The summed E-state index contributed by atoms with van der Waals surface area (Å²) in [7, 11) is 1.86. The van der Waals surface area contributed by atoms with Gasteiger partial charge in [0.15, 0.2) is 5.16 Å². The Morgan fingerprint density at radius 2 is 2.09 bits per heavy atom. The van der Waals surface area contributed by atoms with Crippen molar-refractivity contribution in [2.24, 2.45) is 7.05 Å². The number of hydrogen-bond acceptors (Lipinski definition) is 5. The molecule has 1 atom stereocenters. The molecular formula is C15H22N6OS. The Bertz CT molecular complexity index is 733. The smallest absolute Gasteiger partial charge is 0.237 e. The highest BCUT2D eigenvalue weighted by Crippen LogP contribution is 2.25. The molecule has 0 radical (unpaired) electrons. The summed E-state index contributed by atoms with van der Waals surface area (Å²) in [5.74, 6) is 0.721. The minimum Gasteiger partial charge on any atom is -0.322 e. The molecule has 0 saturated carbocycles. The summed E-state index contributed by atoms with van der Waals surface area (Å²) >= 11 is 1.38. The van der Waals surface area contributed by atoms with Gasteiger partial charge in [0.25, 0.3) is 0 Å². The lowest BCUT2D eigenvalue weighted by molar-refractivity contribution is -0.115. The number of carbonyl (C=O) groups is 1. The number of rotatable bonds is 6. The van der Waals surface area contributed by atoms with E-state index >= 15 is 0 Å². The van der Waals surface area contributed by atoms with Crippen LogP contribution in [0.25, 0.3) is 0 Å². The number of amides is 1. The average Bonchev–Trinajstić information content (AvgIpc) is 2.95. The van der Waals surface area contributed by atoms with Crippen LogP contribution in [-0.4, -0.2) is 35.7 Å². The molecule has 0 spiro atoms. The third kappa shape index (κ3) is 3.64. The Hall–Kier alpha value is -2.09. The third-order valence-electron chi connectivity index (χ3n) is 3.62. The molecule has 0 aliphatic carbocycles. The van der Waals surface area contributed by atoms with Crippen LogP contribution >= 0.6 is 11.8 Å². The van der Waals surface area contributed by atoms with E-state index in [-0.39, 0.29) is 11.2 Å². The second-order valence-corrected chi connectivity index (χ2v) is 6.66. The number of allylic oxidation sites excluding steroid dienone is 1. The zero-order valence-electron chi connectivity index (χ0n) is 14.1. The molecule has 0 fully saturated rings. The number of nitrogens with zero attached hydrogens (tertiary/aromatic N) is 5. The van der Waals surface area contributed by atoms with E-state index in [1.54, 1.807) is 10.8 Å². The van der Waals surface area contributed by atoms with Crippen LogP contribution in [0.4, 0.5) is 5.69 Å². The van der Waals surface area contributed by atoms with Crippen LogP contribution in [0.1, 0.15) is 24.1 Å². The van der Waals surface area contributed by atoms with Crippen LogP contribution in [0.5, 0.6) is 0 Å². The number of hydrogen-bond donors (Lipinski definition) is 1. The van der Waals surface area contributed by atoms with Crippen molar-refractivity contribution in [3.63, 3.8) is 0 Å². The normalized spacial score (nSPS) is 12.2. The Labute approximate surface area is 140 Å². The van der Waals surface area contributed by atoms with Gasteiger partial charge in [0.05, 0.1) is 22.3 Å². The minimum absolute atomic E-state index is 0.0833. The molecular weight excluding hydrogens is 312 g/mol. The van der Waals surface area contributed by atoms with Gasteiger partial charge in [-0.05, 0) is 27.7 Å². The number of carbonyl (C=O) groups excluding carboxylic acids is 1. The summed E-state index contributed by atoms with van der Waals surface area (Å²) in [5, 5.41) is 15.9. The Kier molecular flexibility index (Phi) is 5.25. The van der Waals surface area contributed by atoms with E-state index < -0.39 is 0 Å². The molecule has 2 aromatic rings. The Morgan fingerprint density at radius 1 is 1.39 bits per heavy atom. The molecule has 0 unspecified atom stereocenters. The van der Waals surface area contributed by atoms with Gasteiger partial charge >= 0.3 is 0 Å². The fraction of sp³-hybridized carbons (Fsp3) is 0.467. The second-order valence-electron chi connectivity index (χ2n) is 5.35. The zero-order valence-corrected chi connectivity index (χ0v) is 14.9. The van der Waals surface area contributed by atoms with E-state index in [2.05, 4.69) is 27.2 Å². The van der Waals surface area contributed by atoms with Crippen LogP contribution in [0, 0.1) is 20.8 Å². The van der Waals surface area contributed by atoms with Gasteiger partial charge in [-0.25, -0.2) is 0 Å². The SMILES string of the molecule is C=CCn1c(C)nnc1S[C@@H](C)C(=O)Nc1c(C)nn(C)c1C. The molecule has 2 heterocycles. The highest BCUT2D eigenvalue weighted by atomic mass is 32.2. The molecule has 1 amide bonds. The van der Waals surface area contributed by atoms with Crippen molar-refractivity contribution in [2.75, 3.05) is 5.32 Å². The standard InChI is InChI=1S/C15H22N6OS/c1-7-8-21-12(5)17-18-15(21)23-11(4)14(22)16-13-9(2)19-20(6)10(13)3/h7,11H,1,8H2,2-6H3,(H,16,22)/t11-/m0/s1. The Balaban J connectivity index is 2.10. The minimum atomic E-state index is -0.304. The van der Waals surface area contributed by atoms with Crippen molar-refractivity contribution in [2.45, 2.75) is 44.6 Å². The highest BCUT2D eigenvalue weighted by Gasteiger charge is 2.21. The topological polar surface area (TPSA) is 77.6 Å². The number of aromatic nitrogens is 5. The first-order valence-electron chi connectivity index (χ1n) is 7.33. The summed E-state index contributed by atoms with van der Waals surface area (Å²) in [6.07, 6.45) is 1.79. The van der Waals surface area contributed by atoms with Gasteiger partial charge in [0.1, 0.15) is 5.82 Å². The lowest BCUT2D eigenvalue weighted by Gasteiger charge is -2.12. The zero-order chi connectivity index (χ0) is 17.1. The molecule has 23 heavy (non-hydrogen) atoms. The molecule has 0 aliphatic rings. The first-order valence-corrected chi connectivity index (χ1v) is 8.21. The quantitative estimate of drug-likeness (QED) is 0.647. The summed E-state index contributed by atoms with van der Waals surface area (Å²) < 4.78 is 3.69. The fourth-order valence-corrected chi connectivity index (χ4v) is 3.08. The van der Waals surface area contributed by atoms with Crippen LogP contribution < -0.4 is 5.32 Å². The predicted molar refractivity (Wildman–Crippen MR) is 91.6 cm³/mol. The lowest BCUT2D eigenvalue weighted by atomic mass is 10.3.